The van der Waals surface area contributed by atoms with Gasteiger partial charge in [0, 0.05) is 12.4 Å². The van der Waals surface area contributed by atoms with Gasteiger partial charge < -0.3 is 10.1 Å². The zero-order chi connectivity index (χ0) is 14.7. The lowest BCUT2D eigenvalue weighted by molar-refractivity contribution is -0.127. The summed E-state index contributed by atoms with van der Waals surface area (Å²) in [4.78, 5) is 12.4. The number of hydrogen-bond donors (Lipinski definition) is 1. The van der Waals surface area contributed by atoms with E-state index in [2.05, 4.69) is 19.2 Å². The number of carbonyl (C=O) groups is 1. The molecule has 0 spiro atoms. The van der Waals surface area contributed by atoms with Crippen LogP contribution in [0.1, 0.15) is 46.5 Å². The second kappa shape index (κ2) is 7.13. The second-order valence-corrected chi connectivity index (χ2v) is 6.94. The highest BCUT2D eigenvalue weighted by atomic mass is 35.5. The molecule has 6 unspecified atom stereocenters. The van der Waals surface area contributed by atoms with E-state index >= 15 is 0 Å². The van der Waals surface area contributed by atoms with Crippen molar-refractivity contribution < 1.29 is 9.53 Å². The summed E-state index contributed by atoms with van der Waals surface area (Å²) in [5.74, 6) is 2.28. The maximum absolute atomic E-state index is 12.4. The number of halogens is 1. The maximum Gasteiger partial charge on any atom is 0.226 e. The van der Waals surface area contributed by atoms with E-state index in [0.717, 1.165) is 12.4 Å². The van der Waals surface area contributed by atoms with Crippen molar-refractivity contribution in [3.8, 4) is 0 Å². The molecular weight excluding hydrogens is 274 g/mol. The number of nitrogens with one attached hydrogen (secondary N) is 1. The first-order chi connectivity index (χ1) is 9.54. The maximum atomic E-state index is 12.4. The van der Waals surface area contributed by atoms with Crippen molar-refractivity contribution in [1.82, 2.24) is 5.32 Å². The largest absolute Gasteiger partial charge is 0.374 e. The molecule has 1 aliphatic heterocycles. The molecule has 6 atom stereocenters. The molecule has 0 aromatic rings. The van der Waals surface area contributed by atoms with Crippen LogP contribution in [-0.4, -0.2) is 30.5 Å². The van der Waals surface area contributed by atoms with Gasteiger partial charge in [0.2, 0.25) is 5.91 Å². The van der Waals surface area contributed by atoms with Crippen molar-refractivity contribution in [2.75, 3.05) is 12.4 Å². The Hall–Kier alpha value is -0.280. The van der Waals surface area contributed by atoms with Crippen molar-refractivity contribution >= 4 is 17.5 Å². The van der Waals surface area contributed by atoms with Crippen molar-refractivity contribution in [1.29, 1.82) is 0 Å². The standard InChI is InChI=1S/C16H28ClNO2/c1-10-11(2)20-12(3)15(10)16(19)18-9-14-7-5-4-6-13(14)8-17/h10-15H,4-9H2,1-3H3,(H,18,19). The van der Waals surface area contributed by atoms with E-state index in [9.17, 15) is 4.79 Å². The highest BCUT2D eigenvalue weighted by molar-refractivity contribution is 6.18. The van der Waals surface area contributed by atoms with Crippen LogP contribution in [0.25, 0.3) is 0 Å². The molecule has 116 valence electrons. The lowest BCUT2D eigenvalue weighted by Crippen LogP contribution is -2.41. The van der Waals surface area contributed by atoms with E-state index in [1.807, 2.05) is 6.92 Å². The number of amides is 1. The summed E-state index contributed by atoms with van der Waals surface area (Å²) in [6, 6.07) is 0. The van der Waals surface area contributed by atoms with Crippen molar-refractivity contribution in [3.05, 3.63) is 0 Å². The third-order valence-electron chi connectivity index (χ3n) is 5.35. The SMILES string of the molecule is CC1OC(C)C(C(=O)NCC2CCCCC2CCl)C1C. The fourth-order valence-electron chi connectivity index (χ4n) is 3.82. The molecule has 0 aromatic carbocycles. The average molecular weight is 302 g/mol. The van der Waals surface area contributed by atoms with E-state index in [1.54, 1.807) is 0 Å². The van der Waals surface area contributed by atoms with Gasteiger partial charge in [-0.25, -0.2) is 0 Å². The fraction of sp³-hybridized carbons (Fsp3) is 0.938. The molecule has 2 fully saturated rings. The van der Waals surface area contributed by atoms with E-state index in [4.69, 9.17) is 16.3 Å². The number of rotatable bonds is 4. The predicted molar refractivity (Wildman–Crippen MR) is 81.8 cm³/mol. The van der Waals surface area contributed by atoms with Gasteiger partial charge in [-0.3, -0.25) is 4.79 Å². The topological polar surface area (TPSA) is 38.3 Å². The summed E-state index contributed by atoms with van der Waals surface area (Å²) in [5, 5.41) is 3.16. The Kier molecular flexibility index (Phi) is 5.74. The minimum absolute atomic E-state index is 0.0111. The number of hydrogen-bond acceptors (Lipinski definition) is 2. The molecule has 1 N–H and O–H groups in total. The molecule has 1 saturated heterocycles. The molecule has 1 amide bonds. The Labute approximate surface area is 127 Å². The van der Waals surface area contributed by atoms with Crippen LogP contribution in [0.4, 0.5) is 0 Å². The Morgan fingerprint density at radius 1 is 1.15 bits per heavy atom. The van der Waals surface area contributed by atoms with Crippen LogP contribution >= 0.6 is 11.6 Å². The van der Waals surface area contributed by atoms with E-state index in [-0.39, 0.29) is 24.0 Å². The molecule has 3 nitrogen and oxygen atoms in total. The van der Waals surface area contributed by atoms with E-state index in [0.29, 0.717) is 17.8 Å². The predicted octanol–water partition coefficient (Wildman–Crippen LogP) is 3.21. The van der Waals surface area contributed by atoms with Crippen LogP contribution in [0, 0.1) is 23.7 Å². The molecule has 1 heterocycles. The normalized spacial score (nSPS) is 41.6. The van der Waals surface area contributed by atoms with Crippen LogP contribution in [0.3, 0.4) is 0 Å². The summed E-state index contributed by atoms with van der Waals surface area (Å²) in [7, 11) is 0. The van der Waals surface area contributed by atoms with Gasteiger partial charge in [0.1, 0.15) is 0 Å². The first kappa shape index (κ1) is 16.1. The van der Waals surface area contributed by atoms with Gasteiger partial charge in [-0.05, 0) is 44.4 Å². The average Bonchev–Trinajstić information content (AvgIpc) is 2.70. The minimum Gasteiger partial charge on any atom is -0.374 e. The molecule has 2 rings (SSSR count). The molecule has 1 aliphatic carbocycles. The fourth-order valence-corrected chi connectivity index (χ4v) is 4.23. The Bertz CT molecular complexity index is 336. The smallest absolute Gasteiger partial charge is 0.226 e. The van der Waals surface area contributed by atoms with Crippen molar-refractivity contribution in [2.45, 2.75) is 58.7 Å². The highest BCUT2D eigenvalue weighted by Gasteiger charge is 2.41. The molecule has 2 aliphatic rings. The van der Waals surface area contributed by atoms with Crippen LogP contribution < -0.4 is 5.32 Å². The third kappa shape index (κ3) is 3.48. The van der Waals surface area contributed by atoms with E-state index in [1.165, 1.54) is 25.7 Å². The lowest BCUT2D eigenvalue weighted by atomic mass is 9.80. The highest BCUT2D eigenvalue weighted by Crippen LogP contribution is 2.33. The minimum atomic E-state index is -0.0111. The zero-order valence-corrected chi connectivity index (χ0v) is 13.7. The van der Waals surface area contributed by atoms with Gasteiger partial charge >= 0.3 is 0 Å². The second-order valence-electron chi connectivity index (χ2n) is 6.64. The first-order valence-electron chi connectivity index (χ1n) is 8.03. The number of carbonyl (C=O) groups excluding carboxylic acids is 1. The molecule has 20 heavy (non-hydrogen) atoms. The van der Waals surface area contributed by atoms with Gasteiger partial charge in [-0.15, -0.1) is 11.6 Å². The summed E-state index contributed by atoms with van der Waals surface area (Å²) >= 11 is 6.05. The monoisotopic (exact) mass is 301 g/mol. The molecule has 1 saturated carbocycles. The molecular formula is C16H28ClNO2. The molecule has 4 heteroatoms. The van der Waals surface area contributed by atoms with Crippen LogP contribution in [0.2, 0.25) is 0 Å². The Morgan fingerprint density at radius 3 is 2.35 bits per heavy atom. The summed E-state index contributed by atoms with van der Waals surface area (Å²) < 4.78 is 5.76. The van der Waals surface area contributed by atoms with Gasteiger partial charge in [0.15, 0.2) is 0 Å². The summed E-state index contributed by atoms with van der Waals surface area (Å²) in [6.45, 7) is 6.95. The summed E-state index contributed by atoms with van der Waals surface area (Å²) in [6.07, 6.45) is 5.15. The van der Waals surface area contributed by atoms with Crippen molar-refractivity contribution in [3.63, 3.8) is 0 Å². The van der Waals surface area contributed by atoms with Crippen LogP contribution in [-0.2, 0) is 9.53 Å². The van der Waals surface area contributed by atoms with E-state index < -0.39 is 0 Å². The van der Waals surface area contributed by atoms with Crippen LogP contribution in [0.15, 0.2) is 0 Å². The van der Waals surface area contributed by atoms with Crippen LogP contribution in [0.5, 0.6) is 0 Å². The Morgan fingerprint density at radius 2 is 1.80 bits per heavy atom. The van der Waals surface area contributed by atoms with Gasteiger partial charge in [0.25, 0.3) is 0 Å². The van der Waals surface area contributed by atoms with Gasteiger partial charge in [0.05, 0.1) is 18.1 Å². The quantitative estimate of drug-likeness (QED) is 0.810. The number of alkyl halides is 1. The third-order valence-corrected chi connectivity index (χ3v) is 5.74. The first-order valence-corrected chi connectivity index (χ1v) is 8.57. The lowest BCUT2D eigenvalue weighted by Gasteiger charge is -2.31. The molecule has 0 radical (unpaired) electrons. The van der Waals surface area contributed by atoms with Gasteiger partial charge in [-0.2, -0.15) is 0 Å². The van der Waals surface area contributed by atoms with Gasteiger partial charge in [-0.1, -0.05) is 19.8 Å². The Balaban J connectivity index is 1.85. The zero-order valence-electron chi connectivity index (χ0n) is 12.9. The number of ether oxygens (including phenoxy) is 1. The molecule has 0 bridgehead atoms. The molecule has 0 aromatic heterocycles. The van der Waals surface area contributed by atoms with Crippen molar-refractivity contribution in [2.24, 2.45) is 23.7 Å². The summed E-state index contributed by atoms with van der Waals surface area (Å²) in [5.41, 5.74) is 0.